The van der Waals surface area contributed by atoms with Crippen LogP contribution in [0.25, 0.3) is 0 Å². The molecule has 0 radical (unpaired) electrons. The van der Waals surface area contributed by atoms with Gasteiger partial charge in [0.2, 0.25) is 0 Å². The summed E-state index contributed by atoms with van der Waals surface area (Å²) >= 11 is 3.62. The van der Waals surface area contributed by atoms with Gasteiger partial charge < -0.3 is 11.7 Å². The summed E-state index contributed by atoms with van der Waals surface area (Å²) in [4.78, 5) is 0. The molecule has 1 unspecified atom stereocenters. The molecule has 0 aromatic carbocycles. The molecule has 0 aromatic heterocycles. The molecule has 1 saturated heterocycles. The summed E-state index contributed by atoms with van der Waals surface area (Å²) in [5, 5.41) is 0. The van der Waals surface area contributed by atoms with E-state index in [0.717, 1.165) is 19.6 Å². The van der Waals surface area contributed by atoms with Gasteiger partial charge in [-0.2, -0.15) is 0 Å². The molecule has 1 rings (SSSR count). The molecular formula is C5H9IOZn. The molecule has 1 aliphatic heterocycles. The normalized spacial score (nSPS) is 26.8. The zero-order chi connectivity index (χ0) is 6.41. The minimum absolute atomic E-state index is 0.574. The number of hydrogen-bond donors (Lipinski definition) is 0. The van der Waals surface area contributed by atoms with Crippen LogP contribution in [-0.2, 0) is 19.5 Å². The van der Waals surface area contributed by atoms with Crippen LogP contribution in [-0.4, -0.2) is 13.2 Å². The van der Waals surface area contributed by atoms with E-state index >= 15 is 0 Å². The molecule has 0 aromatic rings. The number of hydrogen-bond acceptors (Lipinski definition) is 1. The summed E-state index contributed by atoms with van der Waals surface area (Å²) in [7, 11) is 0. The third-order valence-corrected chi connectivity index (χ3v) is 1.02. The van der Waals surface area contributed by atoms with Crippen LogP contribution in [0, 0.1) is 12.8 Å². The number of halogens is 1. The Labute approximate surface area is 71.4 Å². The fourth-order valence-corrected chi connectivity index (χ4v) is 0.583. The molecule has 0 spiro atoms. The van der Waals surface area contributed by atoms with E-state index in [4.69, 9.17) is 4.74 Å². The van der Waals surface area contributed by atoms with Crippen molar-refractivity contribution >= 4 is 19.8 Å². The van der Waals surface area contributed by atoms with Crippen LogP contribution in [0.2, 0.25) is 0 Å². The molecule has 1 nitrogen and oxygen atoms in total. The van der Waals surface area contributed by atoms with Gasteiger partial charge in [-0.25, -0.2) is 0 Å². The topological polar surface area (TPSA) is 9.23 Å². The van der Waals surface area contributed by atoms with Crippen molar-refractivity contribution < 1.29 is 19.5 Å². The number of rotatable bonds is 0. The number of ether oxygens (including phenoxy) is 1. The van der Waals surface area contributed by atoms with Gasteiger partial charge in [0, 0.05) is 13.2 Å². The average molecular weight is 277 g/mol. The maximum atomic E-state index is 4.99. The van der Waals surface area contributed by atoms with Gasteiger partial charge in [0.25, 0.3) is 0 Å². The standard InChI is InChI=1S/C5H9O.HI.Zn/c1-5-2-3-6-4-5;;/h5H,1-4H2;1H;/q-1;;+2/p-1. The Morgan fingerprint density at radius 2 is 2.25 bits per heavy atom. The van der Waals surface area contributed by atoms with Crippen molar-refractivity contribution in [1.82, 2.24) is 0 Å². The Kier molecular flexibility index (Phi) is 7.49. The molecular weight excluding hydrogens is 268 g/mol. The summed E-state index contributed by atoms with van der Waals surface area (Å²) in [6, 6.07) is 0. The van der Waals surface area contributed by atoms with Crippen LogP contribution in [0.5, 0.6) is 0 Å². The van der Waals surface area contributed by atoms with E-state index in [1.54, 1.807) is 0 Å². The van der Waals surface area contributed by atoms with Gasteiger partial charge in [-0.1, -0.05) is 6.42 Å². The van der Waals surface area contributed by atoms with Gasteiger partial charge in [0.05, 0.1) is 0 Å². The van der Waals surface area contributed by atoms with Crippen LogP contribution in [0.3, 0.4) is 0 Å². The molecule has 44 valence electrons. The van der Waals surface area contributed by atoms with Crippen LogP contribution in [0.4, 0.5) is 0 Å². The van der Waals surface area contributed by atoms with E-state index in [9.17, 15) is 0 Å². The second kappa shape index (κ2) is 6.43. The summed E-state index contributed by atoms with van der Waals surface area (Å²) < 4.78 is 4.99. The Morgan fingerprint density at radius 3 is 2.38 bits per heavy atom. The Bertz CT molecular complexity index is 45.7. The third-order valence-electron chi connectivity index (χ3n) is 1.02. The fourth-order valence-electron chi connectivity index (χ4n) is 0.583. The molecule has 1 heterocycles. The molecule has 0 N–H and O–H groups in total. The molecule has 1 fully saturated rings. The van der Waals surface area contributed by atoms with Gasteiger partial charge in [0.1, 0.15) is 0 Å². The van der Waals surface area contributed by atoms with Crippen LogP contribution in [0.15, 0.2) is 0 Å². The van der Waals surface area contributed by atoms with Crippen LogP contribution >= 0.6 is 19.8 Å². The van der Waals surface area contributed by atoms with Gasteiger partial charge in [-0.15, -0.1) is 5.92 Å². The van der Waals surface area contributed by atoms with Crippen molar-refractivity contribution in [2.45, 2.75) is 6.42 Å². The predicted molar refractivity (Wildman–Crippen MR) is 38.3 cm³/mol. The second-order valence-corrected chi connectivity index (χ2v) is 1.73. The van der Waals surface area contributed by atoms with Gasteiger partial charge >= 0.3 is 34.5 Å². The van der Waals surface area contributed by atoms with Gasteiger partial charge in [-0.3, -0.25) is 0 Å². The van der Waals surface area contributed by atoms with Crippen LogP contribution < -0.4 is 0 Å². The molecule has 3 heteroatoms. The van der Waals surface area contributed by atoms with Crippen molar-refractivity contribution in [3.63, 3.8) is 0 Å². The van der Waals surface area contributed by atoms with Crippen molar-refractivity contribution in [1.29, 1.82) is 0 Å². The van der Waals surface area contributed by atoms with Gasteiger partial charge in [0.15, 0.2) is 0 Å². The summed E-state index contributed by atoms with van der Waals surface area (Å²) in [6.45, 7) is 5.61. The zero-order valence-corrected chi connectivity index (χ0v) is 10.0. The predicted octanol–water partition coefficient (Wildman–Crippen LogP) is 1.74. The van der Waals surface area contributed by atoms with E-state index < -0.39 is 0 Å². The molecule has 1 aliphatic rings. The first-order chi connectivity index (χ1) is 3.89. The average Bonchev–Trinajstić information content (AvgIpc) is 2.24. The van der Waals surface area contributed by atoms with Gasteiger partial charge in [-0.05, 0) is 0 Å². The Morgan fingerprint density at radius 1 is 1.62 bits per heavy atom. The first kappa shape index (κ1) is 9.31. The zero-order valence-electron chi connectivity index (χ0n) is 4.90. The van der Waals surface area contributed by atoms with E-state index in [-0.39, 0.29) is 0 Å². The van der Waals surface area contributed by atoms with E-state index in [2.05, 4.69) is 26.7 Å². The fraction of sp³-hybridized carbons (Fsp3) is 0.800. The maximum absolute atomic E-state index is 4.99. The van der Waals surface area contributed by atoms with Crippen molar-refractivity contribution in [3.8, 4) is 0 Å². The molecule has 0 bridgehead atoms. The quantitative estimate of drug-likeness (QED) is 0.372. The molecule has 1 atom stereocenters. The summed E-state index contributed by atoms with van der Waals surface area (Å²) in [5.74, 6) is 0.574. The minimum atomic E-state index is 0.574. The van der Waals surface area contributed by atoms with E-state index in [1.807, 2.05) is 0 Å². The second-order valence-electron chi connectivity index (χ2n) is 1.73. The molecule has 0 aliphatic carbocycles. The van der Waals surface area contributed by atoms with Crippen molar-refractivity contribution in [2.24, 2.45) is 5.92 Å². The Balaban J connectivity index is 0.000000222. The summed E-state index contributed by atoms with van der Waals surface area (Å²) in [5.41, 5.74) is 0. The summed E-state index contributed by atoms with van der Waals surface area (Å²) in [6.07, 6.45) is 1.15. The first-order valence-electron chi connectivity index (χ1n) is 2.57. The first-order valence-corrected chi connectivity index (χ1v) is 11.6. The third kappa shape index (κ3) is 4.22. The molecule has 0 saturated carbocycles. The Hall–Kier alpha value is 1.31. The van der Waals surface area contributed by atoms with Crippen molar-refractivity contribution in [2.75, 3.05) is 13.2 Å². The molecule has 0 amide bonds. The monoisotopic (exact) mass is 276 g/mol. The van der Waals surface area contributed by atoms with Crippen molar-refractivity contribution in [3.05, 3.63) is 6.92 Å². The molecule has 8 heavy (non-hydrogen) atoms. The SMILES string of the molecule is [CH2-]C1CCOC1.[Zn+][I]. The van der Waals surface area contributed by atoms with E-state index in [0.29, 0.717) is 5.92 Å². The van der Waals surface area contributed by atoms with Crippen LogP contribution in [0.1, 0.15) is 6.42 Å². The van der Waals surface area contributed by atoms with E-state index in [1.165, 1.54) is 14.8 Å².